The molecule has 0 saturated heterocycles. The van der Waals surface area contributed by atoms with E-state index < -0.39 is 5.97 Å². The van der Waals surface area contributed by atoms with Gasteiger partial charge in [-0.1, -0.05) is 108 Å². The van der Waals surface area contributed by atoms with Gasteiger partial charge in [-0.2, -0.15) is 0 Å². The quantitative estimate of drug-likeness (QED) is 0.116. The first-order chi connectivity index (χ1) is 18.3. The number of hydrogen-bond donors (Lipinski definition) is 2. The minimum atomic E-state index is -0.572. The molecule has 4 rings (SSSR count). The Hall–Kier alpha value is -3.96. The number of esters is 1. The smallest absolute Gasteiger partial charge is 0.343 e. The molecule has 4 nitrogen and oxygen atoms in total. The molecule has 200 valence electrons. The molecule has 0 spiro atoms. The lowest BCUT2D eigenvalue weighted by Gasteiger charge is -2.27. The van der Waals surface area contributed by atoms with Crippen molar-refractivity contribution in [2.24, 2.45) is 0 Å². The predicted octanol–water partition coefficient (Wildman–Crippen LogP) is 8.35. The Kier molecular flexibility index (Phi) is 7.67. The molecule has 2 N–H and O–H groups in total. The molecule has 4 aromatic rings. The van der Waals surface area contributed by atoms with Crippen molar-refractivity contribution in [3.05, 3.63) is 113 Å². The Morgan fingerprint density at radius 3 is 1.74 bits per heavy atom. The van der Waals surface area contributed by atoms with Gasteiger partial charge in [-0.15, -0.1) is 0 Å². The van der Waals surface area contributed by atoms with E-state index in [1.165, 1.54) is 6.07 Å². The SMILES string of the molecule is CC(C)(C)c1cc(C(=O)Oc2ccc(C(=S)c3ccc(-c4ccccc4)cc3)c(O)c2)cc(C(C)(C)C)c1O. The van der Waals surface area contributed by atoms with Crippen LogP contribution in [0.3, 0.4) is 0 Å². The fourth-order valence-electron chi connectivity index (χ4n) is 4.43. The second kappa shape index (κ2) is 10.7. The average molecular weight is 539 g/mol. The number of phenols is 2. The highest BCUT2D eigenvalue weighted by atomic mass is 32.1. The molecule has 0 heterocycles. The molecule has 0 radical (unpaired) electrons. The second-order valence-corrected chi connectivity index (χ2v) is 12.2. The van der Waals surface area contributed by atoms with Crippen LogP contribution in [0.25, 0.3) is 11.1 Å². The minimum Gasteiger partial charge on any atom is -0.507 e. The van der Waals surface area contributed by atoms with E-state index in [0.717, 1.165) is 16.7 Å². The zero-order valence-corrected chi connectivity index (χ0v) is 24.0. The summed E-state index contributed by atoms with van der Waals surface area (Å²) in [6.07, 6.45) is 0. The summed E-state index contributed by atoms with van der Waals surface area (Å²) in [7, 11) is 0. The van der Waals surface area contributed by atoms with Crippen LogP contribution in [-0.4, -0.2) is 21.0 Å². The molecule has 0 amide bonds. The summed E-state index contributed by atoms with van der Waals surface area (Å²) < 4.78 is 5.64. The third-order valence-electron chi connectivity index (χ3n) is 6.64. The molecule has 0 saturated carbocycles. The molecule has 0 atom stereocenters. The molecule has 0 bridgehead atoms. The topological polar surface area (TPSA) is 66.8 Å². The standard InChI is InChI=1S/C34H34O4S/c1-33(2,3)27-18-24(19-28(30(27)36)34(4,5)6)32(37)38-25-16-17-26(29(35)20-25)31(39)23-14-12-22(13-15-23)21-10-8-7-9-11-21/h7-20,35-36H,1-6H3. The first kappa shape index (κ1) is 28.1. The molecule has 4 aromatic carbocycles. The number of aromatic hydroxyl groups is 2. The van der Waals surface area contributed by atoms with Crippen LogP contribution in [0.1, 0.15) is 74.2 Å². The van der Waals surface area contributed by atoms with Gasteiger partial charge >= 0.3 is 5.97 Å². The lowest BCUT2D eigenvalue weighted by molar-refractivity contribution is 0.0734. The summed E-state index contributed by atoms with van der Waals surface area (Å²) in [4.78, 5) is 13.7. The van der Waals surface area contributed by atoms with Gasteiger partial charge in [0, 0.05) is 22.8 Å². The van der Waals surface area contributed by atoms with Crippen molar-refractivity contribution in [1.82, 2.24) is 0 Å². The molecule has 0 aliphatic rings. The van der Waals surface area contributed by atoms with Crippen molar-refractivity contribution in [2.45, 2.75) is 52.4 Å². The van der Waals surface area contributed by atoms with E-state index in [4.69, 9.17) is 17.0 Å². The van der Waals surface area contributed by atoms with Crippen molar-refractivity contribution in [2.75, 3.05) is 0 Å². The Labute approximate surface area is 235 Å². The van der Waals surface area contributed by atoms with Crippen molar-refractivity contribution in [3.8, 4) is 28.4 Å². The Bertz CT molecular complexity index is 1490. The Morgan fingerprint density at radius 1 is 0.692 bits per heavy atom. The van der Waals surface area contributed by atoms with E-state index in [0.29, 0.717) is 27.1 Å². The van der Waals surface area contributed by atoms with E-state index in [1.54, 1.807) is 24.3 Å². The maximum absolute atomic E-state index is 13.2. The lowest BCUT2D eigenvalue weighted by atomic mass is 9.78. The highest BCUT2D eigenvalue weighted by molar-refractivity contribution is 7.81. The summed E-state index contributed by atoms with van der Waals surface area (Å²) in [5, 5.41) is 21.7. The number of benzene rings is 4. The van der Waals surface area contributed by atoms with Crippen molar-refractivity contribution in [1.29, 1.82) is 0 Å². The summed E-state index contributed by atoms with van der Waals surface area (Å²) in [5.74, 6) is -0.254. The molecule has 0 aliphatic carbocycles. The van der Waals surface area contributed by atoms with E-state index >= 15 is 0 Å². The van der Waals surface area contributed by atoms with Crippen molar-refractivity contribution in [3.63, 3.8) is 0 Å². The zero-order valence-electron chi connectivity index (χ0n) is 23.2. The van der Waals surface area contributed by atoms with Gasteiger partial charge in [-0.05, 0) is 51.8 Å². The largest absolute Gasteiger partial charge is 0.507 e. The normalized spacial score (nSPS) is 11.7. The Morgan fingerprint density at radius 2 is 1.23 bits per heavy atom. The fourth-order valence-corrected chi connectivity index (χ4v) is 4.74. The first-order valence-electron chi connectivity index (χ1n) is 12.9. The van der Waals surface area contributed by atoms with Crippen molar-refractivity contribution < 1.29 is 19.7 Å². The number of hydrogen-bond acceptors (Lipinski definition) is 5. The summed E-state index contributed by atoms with van der Waals surface area (Å²) in [5.41, 5.74) is 4.39. The maximum atomic E-state index is 13.2. The molecular weight excluding hydrogens is 504 g/mol. The molecule has 0 unspecified atom stereocenters. The lowest BCUT2D eigenvalue weighted by Crippen LogP contribution is -2.20. The van der Waals surface area contributed by atoms with Crippen LogP contribution in [-0.2, 0) is 10.8 Å². The van der Waals surface area contributed by atoms with Gasteiger partial charge in [-0.3, -0.25) is 0 Å². The van der Waals surface area contributed by atoms with Crippen molar-refractivity contribution >= 4 is 23.1 Å². The molecule has 5 heteroatoms. The van der Waals surface area contributed by atoms with Gasteiger partial charge in [-0.25, -0.2) is 4.79 Å². The van der Waals surface area contributed by atoms with E-state index in [9.17, 15) is 15.0 Å². The summed E-state index contributed by atoms with van der Waals surface area (Å²) >= 11 is 5.66. The van der Waals surface area contributed by atoms with E-state index in [2.05, 4.69) is 0 Å². The number of carbonyl (C=O) groups excluding carboxylic acids is 1. The van der Waals surface area contributed by atoms with E-state index in [-0.39, 0.29) is 28.1 Å². The van der Waals surface area contributed by atoms with Gasteiger partial charge in [0.15, 0.2) is 0 Å². The predicted molar refractivity (Wildman–Crippen MR) is 161 cm³/mol. The van der Waals surface area contributed by atoms with Crippen LogP contribution in [0, 0.1) is 0 Å². The monoisotopic (exact) mass is 538 g/mol. The van der Waals surface area contributed by atoms with Crippen LogP contribution in [0.5, 0.6) is 17.2 Å². The first-order valence-corrected chi connectivity index (χ1v) is 13.3. The number of ether oxygens (including phenoxy) is 1. The van der Waals surface area contributed by atoms with Gasteiger partial charge in [0.1, 0.15) is 17.2 Å². The fraction of sp³-hybridized carbons (Fsp3) is 0.235. The third kappa shape index (κ3) is 6.21. The Balaban J connectivity index is 1.57. The van der Waals surface area contributed by atoms with Gasteiger partial charge < -0.3 is 14.9 Å². The molecule has 39 heavy (non-hydrogen) atoms. The second-order valence-electron chi connectivity index (χ2n) is 11.8. The van der Waals surface area contributed by atoms with Crippen LogP contribution in [0.4, 0.5) is 0 Å². The third-order valence-corrected chi connectivity index (χ3v) is 7.10. The van der Waals surface area contributed by atoms with Crippen LogP contribution >= 0.6 is 12.2 Å². The average Bonchev–Trinajstić information content (AvgIpc) is 2.88. The minimum absolute atomic E-state index is 0.0751. The van der Waals surface area contributed by atoms with E-state index in [1.807, 2.05) is 96.1 Å². The molecular formula is C34H34O4S. The van der Waals surface area contributed by atoms with Gasteiger partial charge in [0.25, 0.3) is 0 Å². The number of rotatable bonds is 5. The summed E-state index contributed by atoms with van der Waals surface area (Å²) in [6, 6.07) is 26.0. The van der Waals surface area contributed by atoms with Crippen LogP contribution in [0.2, 0.25) is 0 Å². The number of carbonyl (C=O) groups is 1. The molecule has 0 fully saturated rings. The van der Waals surface area contributed by atoms with Gasteiger partial charge in [0.2, 0.25) is 0 Å². The zero-order chi connectivity index (χ0) is 28.5. The molecule has 0 aliphatic heterocycles. The highest BCUT2D eigenvalue weighted by Crippen LogP contribution is 2.40. The van der Waals surface area contributed by atoms with Gasteiger partial charge in [0.05, 0.1) is 10.4 Å². The summed E-state index contributed by atoms with van der Waals surface area (Å²) in [6.45, 7) is 11.9. The number of phenolic OH excluding ortho intramolecular Hbond substituents is 2. The van der Waals surface area contributed by atoms with Crippen LogP contribution in [0.15, 0.2) is 84.9 Å². The van der Waals surface area contributed by atoms with Crippen LogP contribution < -0.4 is 4.74 Å². The highest BCUT2D eigenvalue weighted by Gasteiger charge is 2.28. The molecule has 0 aromatic heterocycles. The maximum Gasteiger partial charge on any atom is 0.343 e. The number of thiocarbonyl (C=S) groups is 1.